The molecule has 10 N–H and O–H groups in total. The highest BCUT2D eigenvalue weighted by atomic mass is 16.2. The number of rotatable bonds is 8. The highest BCUT2D eigenvalue weighted by molar-refractivity contribution is 5.92. The fourth-order valence-corrected chi connectivity index (χ4v) is 6.49. The third-order valence-electron chi connectivity index (χ3n) is 10.2. The van der Waals surface area contributed by atoms with Gasteiger partial charge in [-0.25, -0.2) is 24.5 Å². The van der Waals surface area contributed by atoms with Crippen LogP contribution >= 0.6 is 0 Å². The normalized spacial score (nSPS) is 10.1. The largest absolute Gasteiger partial charge is 0.383 e. The first-order chi connectivity index (χ1) is 36.2. The Kier molecular flexibility index (Phi) is 23.4. The molecule has 0 aliphatic carbocycles. The van der Waals surface area contributed by atoms with Crippen molar-refractivity contribution < 1.29 is 19.2 Å². The Hall–Kier alpha value is -9.68. The minimum absolute atomic E-state index is 0.0125. The molecule has 24 nitrogen and oxygen atoms in total. The van der Waals surface area contributed by atoms with Crippen LogP contribution in [-0.2, 0) is 19.2 Å². The van der Waals surface area contributed by atoms with Crippen LogP contribution in [0, 0.1) is 54.3 Å². The molecule has 6 heterocycles. The van der Waals surface area contributed by atoms with Gasteiger partial charge in [-0.3, -0.25) is 42.9 Å². The first-order valence-corrected chi connectivity index (χ1v) is 24.1. The van der Waals surface area contributed by atoms with Gasteiger partial charge in [0.25, 0.3) is 11.1 Å². The first-order valence-electron chi connectivity index (χ1n) is 24.1. The lowest BCUT2D eigenvalue weighted by Crippen LogP contribution is -2.32. The third-order valence-corrected chi connectivity index (χ3v) is 10.2. The summed E-state index contributed by atoms with van der Waals surface area (Å²) in [5.74, 6) is 23.0. The lowest BCUT2D eigenvalue weighted by Gasteiger charge is -2.09. The van der Waals surface area contributed by atoms with Gasteiger partial charge in [0.2, 0.25) is 23.6 Å². The number of aromatic nitrogens is 10. The molecule has 406 valence electrons. The van der Waals surface area contributed by atoms with E-state index in [1.54, 1.807) is 13.1 Å². The van der Waals surface area contributed by atoms with Crippen molar-refractivity contribution in [1.29, 1.82) is 0 Å². The van der Waals surface area contributed by atoms with Crippen LogP contribution in [0.4, 0.5) is 11.6 Å². The number of hydrogen-bond acceptors (Lipinski definition) is 14. The lowest BCUT2D eigenvalue weighted by atomic mass is 10.2. The summed E-state index contributed by atoms with van der Waals surface area (Å²) in [6.45, 7) is 23.9. The van der Waals surface area contributed by atoms with Gasteiger partial charge in [-0.1, -0.05) is 47.4 Å². The van der Waals surface area contributed by atoms with Crippen molar-refractivity contribution in [2.45, 2.75) is 114 Å². The molecule has 0 saturated carbocycles. The molecular weight excluding hydrogens is 989 g/mol. The average Bonchev–Trinajstić information content (AvgIpc) is 3.91. The number of aryl methyl sites for hydroxylation is 1. The summed E-state index contributed by atoms with van der Waals surface area (Å²) < 4.78 is 6.79. The smallest absolute Gasteiger partial charge is 0.349 e. The monoisotopic (exact) mass is 1050 g/mol. The van der Waals surface area contributed by atoms with Gasteiger partial charge in [0, 0.05) is 76.6 Å². The maximum absolute atomic E-state index is 12.2. The number of fused-ring (bicyclic) bond motifs is 2. The van der Waals surface area contributed by atoms with Crippen LogP contribution in [0.25, 0.3) is 22.1 Å². The summed E-state index contributed by atoms with van der Waals surface area (Å²) in [6.07, 6.45) is 8.20. The standard InChI is InChI=1S/C15H18N4O2.C14H17N5O.C12H16N4O2.C12H15N3O3/c1-9(2)19-8-12(6-5-7-16-11(4)20)13-14(19)17-10(3)18-15(13)21;1-9(2)19-7-11(5-4-6-16-10(3)20)12-13(15)17-8-18-14(12)19;1-8(2)16-7-10(11(13)15-12(16)18)5-4-6-14-9(3)17;1-8(2)15-7-10(11(17)14-12(15)18)5-4-6-13-9(3)16/h8-9H,7H2,1-4H3,(H,16,20)(H,17,18,21);7-9H,6H2,1-3H3,(H,16,20)(H2,15,17,18);7-8H,6H2,1-3H3,(H,14,17)(H2,13,15,18);7-8H,6H2,1-3H3,(H,13,16)(H,14,17,18). The minimum Gasteiger partial charge on any atom is -0.383 e. The zero-order chi connectivity index (χ0) is 57.7. The number of nitrogen functional groups attached to an aromatic ring is 2. The Morgan fingerprint density at radius 2 is 0.909 bits per heavy atom. The van der Waals surface area contributed by atoms with Crippen LogP contribution in [0.2, 0.25) is 0 Å². The van der Waals surface area contributed by atoms with Crippen molar-refractivity contribution in [3.05, 3.63) is 101 Å². The fourth-order valence-electron chi connectivity index (χ4n) is 6.49. The number of nitrogens with two attached hydrogens (primary N) is 2. The van der Waals surface area contributed by atoms with Gasteiger partial charge >= 0.3 is 11.4 Å². The summed E-state index contributed by atoms with van der Waals surface area (Å²) >= 11 is 0. The molecule has 6 aromatic heterocycles. The zero-order valence-corrected chi connectivity index (χ0v) is 45.5. The van der Waals surface area contributed by atoms with Crippen molar-refractivity contribution in [2.75, 3.05) is 37.6 Å². The van der Waals surface area contributed by atoms with Crippen LogP contribution in [0.1, 0.15) is 135 Å². The Morgan fingerprint density at radius 1 is 0.506 bits per heavy atom. The van der Waals surface area contributed by atoms with Crippen LogP contribution < -0.4 is 55.2 Å². The molecule has 6 aromatic rings. The van der Waals surface area contributed by atoms with Gasteiger partial charge in [-0.05, 0) is 62.3 Å². The molecule has 0 aliphatic heterocycles. The molecule has 24 heteroatoms. The zero-order valence-electron chi connectivity index (χ0n) is 45.5. The van der Waals surface area contributed by atoms with Crippen molar-refractivity contribution in [3.63, 3.8) is 0 Å². The average molecular weight is 1060 g/mol. The van der Waals surface area contributed by atoms with Crippen molar-refractivity contribution in [2.24, 2.45) is 0 Å². The molecule has 77 heavy (non-hydrogen) atoms. The second-order valence-electron chi connectivity index (χ2n) is 17.9. The minimum atomic E-state index is -0.521. The number of anilines is 2. The summed E-state index contributed by atoms with van der Waals surface area (Å²) in [6, 6.07) is 0.344. The van der Waals surface area contributed by atoms with Crippen molar-refractivity contribution >= 4 is 57.3 Å². The molecule has 0 aliphatic rings. The Bertz CT molecular complexity index is 3640. The van der Waals surface area contributed by atoms with E-state index in [-0.39, 0.29) is 84.4 Å². The SMILES string of the molecule is CC(=O)NCC#Cc1cn(C(C)C)c(=O)[nH]c1=O.CC(=O)NCC#Cc1cn(C(C)C)c(=O)nc1N.CC(=O)NCC#Cc1cn(C(C)C)c2nc(C)[nH]c(=O)c12.CC(=O)NCC#Cc1cn(C(C)C)c2ncnc(N)c12. The van der Waals surface area contributed by atoms with Gasteiger partial charge in [0.15, 0.2) is 0 Å². The van der Waals surface area contributed by atoms with Gasteiger partial charge in [-0.15, -0.1) is 0 Å². The molecule has 0 aromatic carbocycles. The highest BCUT2D eigenvalue weighted by Gasteiger charge is 2.16. The number of amides is 4. The van der Waals surface area contributed by atoms with E-state index in [1.165, 1.54) is 49.4 Å². The number of carbonyl (C=O) groups excluding carboxylic acids is 4. The topological polar surface area (TPSA) is 340 Å². The molecule has 0 bridgehead atoms. The second kappa shape index (κ2) is 29.3. The fraction of sp³-hybridized carbons (Fsp3) is 0.396. The van der Waals surface area contributed by atoms with E-state index in [9.17, 15) is 38.4 Å². The van der Waals surface area contributed by atoms with Gasteiger partial charge in [0.1, 0.15) is 40.6 Å². The third kappa shape index (κ3) is 19.0. The van der Waals surface area contributed by atoms with E-state index in [1.807, 2.05) is 63.1 Å². The summed E-state index contributed by atoms with van der Waals surface area (Å²) in [5, 5.41) is 11.5. The Labute approximate surface area is 444 Å². The summed E-state index contributed by atoms with van der Waals surface area (Å²) in [5.41, 5.74) is 13.5. The maximum atomic E-state index is 12.2. The number of nitrogens with one attached hydrogen (secondary N) is 6. The lowest BCUT2D eigenvalue weighted by molar-refractivity contribution is -0.119. The van der Waals surface area contributed by atoms with E-state index in [4.69, 9.17) is 11.5 Å². The Morgan fingerprint density at radius 3 is 1.36 bits per heavy atom. The number of carbonyl (C=O) groups is 4. The van der Waals surface area contributed by atoms with E-state index >= 15 is 0 Å². The Balaban J connectivity index is 0.000000271. The second-order valence-corrected chi connectivity index (χ2v) is 17.9. The van der Waals surface area contributed by atoms with E-state index < -0.39 is 16.9 Å². The van der Waals surface area contributed by atoms with Gasteiger partial charge in [-0.2, -0.15) is 4.98 Å². The molecule has 0 spiro atoms. The predicted octanol–water partition coefficient (Wildman–Crippen LogP) is 1.68. The molecular formula is C53H66N16O8. The molecule has 0 saturated heterocycles. The quantitative estimate of drug-likeness (QED) is 0.101. The highest BCUT2D eigenvalue weighted by Crippen LogP contribution is 2.26. The number of hydrogen-bond donors (Lipinski definition) is 8. The first kappa shape index (κ1) is 61.6. The van der Waals surface area contributed by atoms with Crippen molar-refractivity contribution in [1.82, 2.24) is 69.4 Å². The molecule has 0 radical (unpaired) electrons. The van der Waals surface area contributed by atoms with Gasteiger partial charge in [0.05, 0.1) is 53.6 Å². The summed E-state index contributed by atoms with van der Waals surface area (Å²) in [7, 11) is 0. The number of aromatic amines is 2. The maximum Gasteiger partial charge on any atom is 0.349 e. The van der Waals surface area contributed by atoms with Crippen LogP contribution in [0.15, 0.2) is 50.3 Å². The predicted molar refractivity (Wildman–Crippen MR) is 295 cm³/mol. The van der Waals surface area contributed by atoms with Crippen LogP contribution in [0.3, 0.4) is 0 Å². The molecule has 4 amide bonds. The van der Waals surface area contributed by atoms with E-state index in [0.29, 0.717) is 40.3 Å². The van der Waals surface area contributed by atoms with Gasteiger partial charge < -0.3 is 46.9 Å². The molecule has 0 unspecified atom stereocenters. The molecule has 6 rings (SSSR count). The summed E-state index contributed by atoms with van der Waals surface area (Å²) in [4.78, 5) is 111. The molecule has 0 atom stereocenters. The van der Waals surface area contributed by atoms with Crippen LogP contribution in [0.5, 0.6) is 0 Å². The van der Waals surface area contributed by atoms with Crippen LogP contribution in [-0.4, -0.2) is 98.0 Å². The number of H-pyrrole nitrogens is 2. The number of nitrogens with zero attached hydrogens (tertiary/aromatic N) is 8. The van der Waals surface area contributed by atoms with E-state index in [2.05, 4.69) is 112 Å². The molecule has 0 fully saturated rings. The van der Waals surface area contributed by atoms with Crippen molar-refractivity contribution in [3.8, 4) is 47.4 Å². The van der Waals surface area contributed by atoms with E-state index in [0.717, 1.165) is 16.6 Å².